The molecule has 0 heterocycles. The second-order valence-electron chi connectivity index (χ2n) is 5.11. The average molecular weight is 321 g/mol. The summed E-state index contributed by atoms with van der Waals surface area (Å²) in [5.41, 5.74) is 0.254. The molecule has 2 rings (SSSR count). The fourth-order valence-electron chi connectivity index (χ4n) is 2.66. The monoisotopic (exact) mass is 320 g/mol. The molecule has 0 aliphatic heterocycles. The lowest BCUT2D eigenvalue weighted by molar-refractivity contribution is -0.137. The van der Waals surface area contributed by atoms with Gasteiger partial charge in [0.15, 0.2) is 0 Å². The molecular formula is C14H16BrF3. The minimum atomic E-state index is -4.24. The molecule has 18 heavy (non-hydrogen) atoms. The Kier molecular flexibility index (Phi) is 4.05. The second-order valence-corrected chi connectivity index (χ2v) is 6.29. The van der Waals surface area contributed by atoms with Crippen molar-refractivity contribution in [2.45, 2.75) is 37.2 Å². The van der Waals surface area contributed by atoms with Crippen molar-refractivity contribution in [3.8, 4) is 0 Å². The number of hydrogen-bond donors (Lipinski definition) is 0. The molecule has 0 aromatic heterocycles. The van der Waals surface area contributed by atoms with E-state index in [-0.39, 0.29) is 0 Å². The Labute approximate surface area is 114 Å². The molecule has 100 valence electrons. The van der Waals surface area contributed by atoms with E-state index in [0.717, 1.165) is 30.9 Å². The zero-order chi connectivity index (χ0) is 13.3. The lowest BCUT2D eigenvalue weighted by Crippen LogP contribution is -2.13. The van der Waals surface area contributed by atoms with Crippen LogP contribution in [0.1, 0.15) is 30.9 Å². The Balaban J connectivity index is 2.11. The van der Waals surface area contributed by atoms with Crippen LogP contribution in [0, 0.1) is 11.8 Å². The van der Waals surface area contributed by atoms with E-state index in [1.165, 1.54) is 12.1 Å². The molecule has 1 aliphatic carbocycles. The number of benzene rings is 1. The molecule has 0 amide bonds. The van der Waals surface area contributed by atoms with E-state index in [1.54, 1.807) is 6.07 Å². The third kappa shape index (κ3) is 3.08. The zero-order valence-corrected chi connectivity index (χ0v) is 11.8. The molecule has 0 N–H and O–H groups in total. The molecule has 0 spiro atoms. The SMILES string of the molecule is CC1C(Br)CCC1Cc1cccc(C(F)(F)F)c1. The molecule has 3 unspecified atom stereocenters. The first-order valence-corrected chi connectivity index (χ1v) is 7.09. The van der Waals surface area contributed by atoms with E-state index in [4.69, 9.17) is 0 Å². The summed E-state index contributed by atoms with van der Waals surface area (Å²) >= 11 is 3.62. The summed E-state index contributed by atoms with van der Waals surface area (Å²) in [5, 5.41) is 0. The van der Waals surface area contributed by atoms with E-state index in [1.807, 2.05) is 0 Å². The van der Waals surface area contributed by atoms with Crippen LogP contribution < -0.4 is 0 Å². The number of halogens is 4. The van der Waals surface area contributed by atoms with Crippen LogP contribution in [-0.2, 0) is 12.6 Å². The molecule has 1 aromatic rings. The zero-order valence-electron chi connectivity index (χ0n) is 10.2. The highest BCUT2D eigenvalue weighted by molar-refractivity contribution is 9.09. The Bertz CT molecular complexity index is 414. The predicted octanol–water partition coefficient (Wildman–Crippen LogP) is 5.06. The smallest absolute Gasteiger partial charge is 0.166 e. The highest BCUT2D eigenvalue weighted by Gasteiger charge is 2.33. The maximum atomic E-state index is 12.6. The van der Waals surface area contributed by atoms with Gasteiger partial charge in [-0.1, -0.05) is 41.1 Å². The van der Waals surface area contributed by atoms with Crippen molar-refractivity contribution < 1.29 is 13.2 Å². The predicted molar refractivity (Wildman–Crippen MR) is 69.8 cm³/mol. The highest BCUT2D eigenvalue weighted by Crippen LogP contribution is 2.39. The van der Waals surface area contributed by atoms with Crippen molar-refractivity contribution in [2.24, 2.45) is 11.8 Å². The van der Waals surface area contributed by atoms with Gasteiger partial charge in [0.05, 0.1) is 5.56 Å². The van der Waals surface area contributed by atoms with Gasteiger partial charge in [0.2, 0.25) is 0 Å². The van der Waals surface area contributed by atoms with Gasteiger partial charge in [-0.25, -0.2) is 0 Å². The maximum absolute atomic E-state index is 12.6. The van der Waals surface area contributed by atoms with E-state index in [9.17, 15) is 13.2 Å². The van der Waals surface area contributed by atoms with E-state index >= 15 is 0 Å². The molecule has 0 nitrogen and oxygen atoms in total. The van der Waals surface area contributed by atoms with Gasteiger partial charge in [0.1, 0.15) is 0 Å². The first-order valence-electron chi connectivity index (χ1n) is 6.18. The summed E-state index contributed by atoms with van der Waals surface area (Å²) in [6.45, 7) is 2.17. The summed E-state index contributed by atoms with van der Waals surface area (Å²) in [4.78, 5) is 0.508. The summed E-state index contributed by atoms with van der Waals surface area (Å²) in [5.74, 6) is 1.01. The Morgan fingerprint density at radius 3 is 2.56 bits per heavy atom. The van der Waals surface area contributed by atoms with Crippen LogP contribution >= 0.6 is 15.9 Å². The van der Waals surface area contributed by atoms with Gasteiger partial charge in [0, 0.05) is 4.83 Å². The lowest BCUT2D eigenvalue weighted by atomic mass is 9.90. The van der Waals surface area contributed by atoms with Crippen molar-refractivity contribution in [1.29, 1.82) is 0 Å². The van der Waals surface area contributed by atoms with Gasteiger partial charge in [0.25, 0.3) is 0 Å². The molecule has 1 fully saturated rings. The topological polar surface area (TPSA) is 0 Å². The average Bonchev–Trinajstić information content (AvgIpc) is 2.60. The summed E-state index contributed by atoms with van der Waals surface area (Å²) in [6, 6.07) is 5.72. The van der Waals surface area contributed by atoms with E-state index < -0.39 is 11.7 Å². The molecule has 0 radical (unpaired) electrons. The fourth-order valence-corrected chi connectivity index (χ4v) is 3.36. The second kappa shape index (κ2) is 5.24. The third-order valence-corrected chi connectivity index (χ3v) is 5.17. The van der Waals surface area contributed by atoms with Crippen LogP contribution in [0.15, 0.2) is 24.3 Å². The minimum absolute atomic E-state index is 0.484. The highest BCUT2D eigenvalue weighted by atomic mass is 79.9. The normalized spacial score (nSPS) is 28.6. The van der Waals surface area contributed by atoms with E-state index in [0.29, 0.717) is 16.7 Å². The summed E-state index contributed by atoms with van der Waals surface area (Å²) in [7, 11) is 0. The molecule has 4 heteroatoms. The number of hydrogen-bond acceptors (Lipinski definition) is 0. The van der Waals surface area contributed by atoms with Crippen LogP contribution in [0.5, 0.6) is 0 Å². The number of alkyl halides is 4. The standard InChI is InChI=1S/C14H16BrF3/c1-9-11(5-6-13(9)15)7-10-3-2-4-12(8-10)14(16,17)18/h2-4,8-9,11,13H,5-7H2,1H3. The van der Waals surface area contributed by atoms with Crippen LogP contribution in [0.25, 0.3) is 0 Å². The van der Waals surface area contributed by atoms with Gasteiger partial charge >= 0.3 is 6.18 Å². The van der Waals surface area contributed by atoms with Crippen LogP contribution in [0.3, 0.4) is 0 Å². The first-order chi connectivity index (χ1) is 8.38. The van der Waals surface area contributed by atoms with Gasteiger partial charge in [-0.3, -0.25) is 0 Å². The quantitative estimate of drug-likeness (QED) is 0.668. The molecule has 1 saturated carbocycles. The molecule has 3 atom stereocenters. The van der Waals surface area contributed by atoms with Crippen molar-refractivity contribution in [3.05, 3.63) is 35.4 Å². The van der Waals surface area contributed by atoms with Crippen molar-refractivity contribution in [1.82, 2.24) is 0 Å². The summed E-state index contributed by atoms with van der Waals surface area (Å²) in [6.07, 6.45) is -1.29. The third-order valence-electron chi connectivity index (χ3n) is 3.88. The van der Waals surface area contributed by atoms with Gasteiger partial charge in [-0.2, -0.15) is 13.2 Å². The lowest BCUT2D eigenvalue weighted by Gasteiger charge is -2.18. The van der Waals surface area contributed by atoms with Crippen LogP contribution in [0.4, 0.5) is 13.2 Å². The Morgan fingerprint density at radius 2 is 2.00 bits per heavy atom. The molecule has 1 aromatic carbocycles. The maximum Gasteiger partial charge on any atom is 0.416 e. The van der Waals surface area contributed by atoms with Gasteiger partial charge in [-0.05, 0) is 42.7 Å². The fraction of sp³-hybridized carbons (Fsp3) is 0.571. The van der Waals surface area contributed by atoms with Crippen LogP contribution in [0.2, 0.25) is 0 Å². The minimum Gasteiger partial charge on any atom is -0.166 e. The Morgan fingerprint density at radius 1 is 1.28 bits per heavy atom. The summed E-state index contributed by atoms with van der Waals surface area (Å²) < 4.78 is 37.8. The Hall–Kier alpha value is -0.510. The molecule has 0 saturated heterocycles. The van der Waals surface area contributed by atoms with E-state index in [2.05, 4.69) is 22.9 Å². The van der Waals surface area contributed by atoms with Crippen molar-refractivity contribution in [3.63, 3.8) is 0 Å². The molecule has 0 bridgehead atoms. The van der Waals surface area contributed by atoms with Crippen LogP contribution in [-0.4, -0.2) is 4.83 Å². The largest absolute Gasteiger partial charge is 0.416 e. The molecular weight excluding hydrogens is 305 g/mol. The first kappa shape index (κ1) is 13.9. The van der Waals surface area contributed by atoms with Gasteiger partial charge < -0.3 is 0 Å². The van der Waals surface area contributed by atoms with Gasteiger partial charge in [-0.15, -0.1) is 0 Å². The van der Waals surface area contributed by atoms with Crippen molar-refractivity contribution >= 4 is 15.9 Å². The molecule has 1 aliphatic rings. The van der Waals surface area contributed by atoms with Crippen molar-refractivity contribution in [2.75, 3.05) is 0 Å². The number of rotatable bonds is 2.